The molecule has 2 aromatic heterocycles. The maximum Gasteiger partial charge on any atom is 0.344 e. The predicted molar refractivity (Wildman–Crippen MR) is 87.0 cm³/mol. The summed E-state index contributed by atoms with van der Waals surface area (Å²) < 4.78 is 6.76. The molecule has 24 heavy (non-hydrogen) atoms. The number of nitrogens with zero attached hydrogens (tertiary/aromatic N) is 3. The topological polar surface area (TPSA) is 89.9 Å². The number of rotatable bonds is 4. The second-order valence-corrected chi connectivity index (χ2v) is 5.36. The Bertz CT molecular complexity index is 929. The van der Waals surface area contributed by atoms with E-state index in [0.717, 1.165) is 5.69 Å². The van der Waals surface area contributed by atoms with Crippen molar-refractivity contribution in [2.24, 2.45) is 0 Å². The number of carbonyl (C=O) groups is 1. The molecule has 0 spiro atoms. The summed E-state index contributed by atoms with van der Waals surface area (Å²) in [6.07, 6.45) is 1.54. The molecular weight excluding hydrogens is 308 g/mol. The number of pyridine rings is 1. The van der Waals surface area contributed by atoms with E-state index in [4.69, 9.17) is 4.74 Å². The summed E-state index contributed by atoms with van der Waals surface area (Å²) in [6, 6.07) is 11.2. The molecule has 0 fully saturated rings. The van der Waals surface area contributed by atoms with E-state index >= 15 is 0 Å². The van der Waals surface area contributed by atoms with E-state index in [1.54, 1.807) is 30.9 Å². The van der Waals surface area contributed by atoms with E-state index in [1.165, 1.54) is 0 Å². The van der Waals surface area contributed by atoms with Gasteiger partial charge < -0.3 is 9.72 Å². The van der Waals surface area contributed by atoms with Crippen molar-refractivity contribution in [3.63, 3.8) is 0 Å². The minimum atomic E-state index is -0.690. The molecule has 0 saturated carbocycles. The van der Waals surface area contributed by atoms with Crippen molar-refractivity contribution in [2.75, 3.05) is 0 Å². The first kappa shape index (κ1) is 15.7. The molecule has 0 bridgehead atoms. The number of nitrogens with one attached hydrogen (secondary N) is 1. The molecule has 0 aliphatic carbocycles. The molecule has 122 valence electrons. The molecule has 0 atom stereocenters. The fraction of sp³-hybridized carbons (Fsp3) is 0.176. The highest BCUT2D eigenvalue weighted by atomic mass is 16.5. The molecule has 7 nitrogen and oxygen atoms in total. The van der Waals surface area contributed by atoms with Crippen LogP contribution in [0.5, 0.6) is 0 Å². The van der Waals surface area contributed by atoms with Crippen LogP contribution in [0, 0.1) is 13.8 Å². The maximum atomic E-state index is 12.1. The summed E-state index contributed by atoms with van der Waals surface area (Å²) in [6.45, 7) is 3.34. The van der Waals surface area contributed by atoms with Gasteiger partial charge in [0.05, 0.1) is 5.69 Å². The minimum absolute atomic E-state index is 0.00286. The number of hydrogen-bond acceptors (Lipinski definition) is 5. The van der Waals surface area contributed by atoms with Crippen molar-refractivity contribution in [3.8, 4) is 5.69 Å². The number of esters is 1. The van der Waals surface area contributed by atoms with Crippen LogP contribution in [0.1, 0.15) is 27.4 Å². The standard InChI is InChI=1S/C17H16N4O3/c1-11-8-12(2)19-16(22)15(11)17(23)24-9-14-18-10-21(20-14)13-6-4-3-5-7-13/h3-8,10H,9H2,1-2H3,(H,19,22). The summed E-state index contributed by atoms with van der Waals surface area (Å²) in [5, 5.41) is 4.25. The van der Waals surface area contributed by atoms with Crippen LogP contribution in [0.4, 0.5) is 0 Å². The van der Waals surface area contributed by atoms with Gasteiger partial charge in [-0.15, -0.1) is 5.10 Å². The van der Waals surface area contributed by atoms with Crippen molar-refractivity contribution in [2.45, 2.75) is 20.5 Å². The van der Waals surface area contributed by atoms with Crippen LogP contribution in [0.25, 0.3) is 5.69 Å². The maximum absolute atomic E-state index is 12.1. The van der Waals surface area contributed by atoms with Crippen molar-refractivity contribution in [1.82, 2.24) is 19.7 Å². The molecular formula is C17H16N4O3. The number of para-hydroxylation sites is 1. The Hall–Kier alpha value is -3.22. The lowest BCUT2D eigenvalue weighted by molar-refractivity contribution is 0.0459. The first-order chi connectivity index (χ1) is 11.5. The molecule has 1 aromatic carbocycles. The van der Waals surface area contributed by atoms with Gasteiger partial charge in [-0.05, 0) is 37.6 Å². The third kappa shape index (κ3) is 3.24. The van der Waals surface area contributed by atoms with Crippen molar-refractivity contribution < 1.29 is 9.53 Å². The highest BCUT2D eigenvalue weighted by Gasteiger charge is 2.16. The average molecular weight is 324 g/mol. The minimum Gasteiger partial charge on any atom is -0.454 e. The van der Waals surface area contributed by atoms with Crippen molar-refractivity contribution in [3.05, 3.63) is 75.7 Å². The van der Waals surface area contributed by atoms with E-state index in [-0.39, 0.29) is 12.2 Å². The number of ether oxygens (including phenoxy) is 1. The van der Waals surface area contributed by atoms with Gasteiger partial charge in [-0.1, -0.05) is 18.2 Å². The number of aryl methyl sites for hydroxylation is 2. The molecule has 2 heterocycles. The number of aromatic amines is 1. The molecule has 0 aliphatic heterocycles. The van der Waals surface area contributed by atoms with Gasteiger partial charge in [-0.2, -0.15) is 0 Å². The lowest BCUT2D eigenvalue weighted by atomic mass is 10.1. The van der Waals surface area contributed by atoms with Gasteiger partial charge in [-0.3, -0.25) is 4.79 Å². The van der Waals surface area contributed by atoms with Gasteiger partial charge in [-0.25, -0.2) is 14.5 Å². The van der Waals surface area contributed by atoms with Gasteiger partial charge in [0.2, 0.25) is 0 Å². The largest absolute Gasteiger partial charge is 0.454 e. The monoisotopic (exact) mass is 324 g/mol. The van der Waals surface area contributed by atoms with E-state index in [0.29, 0.717) is 17.1 Å². The first-order valence-corrected chi connectivity index (χ1v) is 7.38. The Morgan fingerprint density at radius 2 is 2.00 bits per heavy atom. The van der Waals surface area contributed by atoms with Gasteiger partial charge in [0.25, 0.3) is 5.56 Å². The fourth-order valence-electron chi connectivity index (χ4n) is 2.38. The number of hydrogen-bond donors (Lipinski definition) is 1. The SMILES string of the molecule is Cc1cc(C)c(C(=O)OCc2ncn(-c3ccccc3)n2)c(=O)[nH]1. The average Bonchev–Trinajstić information content (AvgIpc) is 3.02. The molecule has 0 amide bonds. The molecule has 3 aromatic rings. The van der Waals surface area contributed by atoms with Crippen LogP contribution < -0.4 is 5.56 Å². The second-order valence-electron chi connectivity index (χ2n) is 5.36. The molecule has 0 radical (unpaired) electrons. The Kier molecular flexibility index (Phi) is 4.24. The third-order valence-corrected chi connectivity index (χ3v) is 3.46. The second kappa shape index (κ2) is 6.49. The summed E-state index contributed by atoms with van der Waals surface area (Å²) in [4.78, 5) is 30.8. The summed E-state index contributed by atoms with van der Waals surface area (Å²) in [5.74, 6) is -0.335. The van der Waals surface area contributed by atoms with Crippen LogP contribution >= 0.6 is 0 Å². The molecule has 0 aliphatic rings. The highest BCUT2D eigenvalue weighted by molar-refractivity contribution is 5.90. The summed E-state index contributed by atoms with van der Waals surface area (Å²) in [7, 11) is 0. The van der Waals surface area contributed by atoms with E-state index in [9.17, 15) is 9.59 Å². The van der Waals surface area contributed by atoms with Gasteiger partial charge in [0.1, 0.15) is 11.9 Å². The zero-order chi connectivity index (χ0) is 17.1. The van der Waals surface area contributed by atoms with Crippen LogP contribution in [-0.4, -0.2) is 25.7 Å². The molecule has 3 rings (SSSR count). The third-order valence-electron chi connectivity index (χ3n) is 3.46. The fourth-order valence-corrected chi connectivity index (χ4v) is 2.38. The Morgan fingerprint density at radius 1 is 1.25 bits per heavy atom. The van der Waals surface area contributed by atoms with Crippen LogP contribution in [0.3, 0.4) is 0 Å². The zero-order valence-electron chi connectivity index (χ0n) is 13.3. The van der Waals surface area contributed by atoms with Gasteiger partial charge in [0, 0.05) is 5.69 Å². The summed E-state index contributed by atoms with van der Waals surface area (Å²) >= 11 is 0. The van der Waals surface area contributed by atoms with E-state index in [2.05, 4.69) is 15.1 Å². The normalized spacial score (nSPS) is 10.6. The van der Waals surface area contributed by atoms with E-state index in [1.807, 2.05) is 30.3 Å². The van der Waals surface area contributed by atoms with Crippen LogP contribution in [0.15, 0.2) is 47.5 Å². The molecule has 1 N–H and O–H groups in total. The molecule has 7 heteroatoms. The Balaban J connectivity index is 1.72. The smallest absolute Gasteiger partial charge is 0.344 e. The zero-order valence-corrected chi connectivity index (χ0v) is 13.3. The lowest BCUT2D eigenvalue weighted by Crippen LogP contribution is -2.22. The molecule has 0 saturated heterocycles. The Labute approximate surface area is 137 Å². The van der Waals surface area contributed by atoms with Crippen LogP contribution in [-0.2, 0) is 11.3 Å². The van der Waals surface area contributed by atoms with Crippen LogP contribution in [0.2, 0.25) is 0 Å². The first-order valence-electron chi connectivity index (χ1n) is 7.38. The highest BCUT2D eigenvalue weighted by Crippen LogP contribution is 2.08. The number of benzene rings is 1. The van der Waals surface area contributed by atoms with Gasteiger partial charge in [0.15, 0.2) is 12.4 Å². The van der Waals surface area contributed by atoms with Gasteiger partial charge >= 0.3 is 5.97 Å². The molecule has 0 unspecified atom stereocenters. The lowest BCUT2D eigenvalue weighted by Gasteiger charge is -2.05. The van der Waals surface area contributed by atoms with E-state index < -0.39 is 11.5 Å². The predicted octanol–water partition coefficient (Wildman–Crippen LogP) is 1.93. The quantitative estimate of drug-likeness (QED) is 0.741. The number of carbonyl (C=O) groups excluding carboxylic acids is 1. The Morgan fingerprint density at radius 3 is 2.71 bits per heavy atom. The van der Waals surface area contributed by atoms with Crippen molar-refractivity contribution in [1.29, 1.82) is 0 Å². The summed E-state index contributed by atoms with van der Waals surface area (Å²) in [5.41, 5.74) is 1.66. The number of H-pyrrole nitrogens is 1. The number of aromatic nitrogens is 4. The van der Waals surface area contributed by atoms with Crippen molar-refractivity contribution >= 4 is 5.97 Å².